The fourth-order valence-electron chi connectivity index (χ4n) is 4.30. The number of nitrogens with zero attached hydrogens (tertiary/aromatic N) is 4. The molecule has 1 aliphatic rings. The van der Waals surface area contributed by atoms with Crippen LogP contribution in [-0.2, 0) is 24.8 Å². The van der Waals surface area contributed by atoms with Crippen molar-refractivity contribution in [2.45, 2.75) is 70.8 Å². The molecular weight excluding hydrogens is 360 g/mol. The molecular formula is C23H36N6. The largest absolute Gasteiger partial charge is 0.356 e. The molecule has 0 aliphatic carbocycles. The van der Waals surface area contributed by atoms with E-state index in [0.29, 0.717) is 0 Å². The van der Waals surface area contributed by atoms with Crippen LogP contribution in [0.15, 0.2) is 35.3 Å². The number of aliphatic imine (C=N–C) groups is 1. The molecule has 1 aliphatic heterocycles. The van der Waals surface area contributed by atoms with E-state index in [9.17, 15) is 0 Å². The molecule has 29 heavy (non-hydrogen) atoms. The van der Waals surface area contributed by atoms with Crippen LogP contribution in [0.2, 0.25) is 0 Å². The summed E-state index contributed by atoms with van der Waals surface area (Å²) in [5, 5.41) is 15.8. The van der Waals surface area contributed by atoms with Crippen molar-refractivity contribution in [2.24, 2.45) is 4.99 Å². The van der Waals surface area contributed by atoms with Crippen LogP contribution in [0.5, 0.6) is 0 Å². The summed E-state index contributed by atoms with van der Waals surface area (Å²) in [5.41, 5.74) is 1.50. The number of guanidine groups is 1. The average molecular weight is 397 g/mol. The van der Waals surface area contributed by atoms with Crippen molar-refractivity contribution in [1.82, 2.24) is 25.4 Å². The van der Waals surface area contributed by atoms with E-state index in [-0.39, 0.29) is 5.41 Å². The maximum absolute atomic E-state index is 4.43. The first kappa shape index (κ1) is 21.3. The molecule has 6 nitrogen and oxygen atoms in total. The third kappa shape index (κ3) is 5.17. The van der Waals surface area contributed by atoms with E-state index >= 15 is 0 Å². The summed E-state index contributed by atoms with van der Waals surface area (Å²) in [6, 6.07) is 10.8. The molecule has 0 unspecified atom stereocenters. The molecule has 3 rings (SSSR count). The number of hydrogen-bond donors (Lipinski definition) is 2. The second-order valence-electron chi connectivity index (χ2n) is 7.95. The zero-order chi connectivity index (χ0) is 20.5. The van der Waals surface area contributed by atoms with Gasteiger partial charge in [-0.3, -0.25) is 4.99 Å². The molecule has 0 fully saturated rings. The highest BCUT2D eigenvalue weighted by Crippen LogP contribution is 2.30. The minimum absolute atomic E-state index is 0.114. The van der Waals surface area contributed by atoms with Crippen molar-refractivity contribution in [3.05, 3.63) is 47.5 Å². The maximum Gasteiger partial charge on any atom is 0.191 e. The van der Waals surface area contributed by atoms with Crippen molar-refractivity contribution < 1.29 is 0 Å². The van der Waals surface area contributed by atoms with E-state index in [1.54, 1.807) is 0 Å². The van der Waals surface area contributed by atoms with Crippen LogP contribution < -0.4 is 10.6 Å². The van der Waals surface area contributed by atoms with Crippen molar-refractivity contribution in [3.8, 4) is 0 Å². The number of rotatable bonds is 8. The van der Waals surface area contributed by atoms with Gasteiger partial charge in [0, 0.05) is 44.9 Å². The molecule has 0 atom stereocenters. The Hall–Kier alpha value is -2.37. The first-order chi connectivity index (χ1) is 14.2. The van der Waals surface area contributed by atoms with Gasteiger partial charge in [0.1, 0.15) is 11.6 Å². The lowest BCUT2D eigenvalue weighted by Crippen LogP contribution is -2.45. The van der Waals surface area contributed by atoms with Gasteiger partial charge in [-0.25, -0.2) is 0 Å². The third-order valence-electron chi connectivity index (χ3n) is 6.38. The quantitative estimate of drug-likeness (QED) is 0.530. The standard InChI is InChI=1S/C23H36N6/c1-4-23(5-2,19-12-8-6-9-13-19)18-26-22(24-3)25-16-15-21-28-27-20-14-10-7-11-17-29(20)21/h6,8-9,12-13H,4-5,7,10-11,14-18H2,1-3H3,(H2,24,25,26). The van der Waals surface area contributed by atoms with Gasteiger partial charge < -0.3 is 15.2 Å². The van der Waals surface area contributed by atoms with Crippen molar-refractivity contribution in [1.29, 1.82) is 0 Å². The van der Waals surface area contributed by atoms with Crippen LogP contribution >= 0.6 is 0 Å². The molecule has 1 aromatic carbocycles. The van der Waals surface area contributed by atoms with Gasteiger partial charge in [0.25, 0.3) is 0 Å². The number of aryl methyl sites for hydroxylation is 1. The Balaban J connectivity index is 1.55. The van der Waals surface area contributed by atoms with Crippen LogP contribution in [0.3, 0.4) is 0 Å². The van der Waals surface area contributed by atoms with Gasteiger partial charge in [-0.1, -0.05) is 50.6 Å². The van der Waals surface area contributed by atoms with E-state index in [1.807, 2.05) is 7.05 Å². The summed E-state index contributed by atoms with van der Waals surface area (Å²) >= 11 is 0. The summed E-state index contributed by atoms with van der Waals surface area (Å²) in [6.07, 6.45) is 7.83. The monoisotopic (exact) mass is 396 g/mol. The molecule has 0 saturated heterocycles. The van der Waals surface area contributed by atoms with Crippen LogP contribution in [0, 0.1) is 0 Å². The van der Waals surface area contributed by atoms with Crippen LogP contribution in [-0.4, -0.2) is 40.9 Å². The Labute approximate surface area is 175 Å². The molecule has 6 heteroatoms. The lowest BCUT2D eigenvalue weighted by atomic mass is 9.76. The van der Waals surface area contributed by atoms with E-state index in [0.717, 1.165) is 62.9 Å². The van der Waals surface area contributed by atoms with Gasteiger partial charge in [-0.05, 0) is 31.2 Å². The summed E-state index contributed by atoms with van der Waals surface area (Å²) in [4.78, 5) is 4.43. The highest BCUT2D eigenvalue weighted by atomic mass is 15.3. The minimum atomic E-state index is 0.114. The molecule has 0 radical (unpaired) electrons. The van der Waals surface area contributed by atoms with Crippen LogP contribution in [0.1, 0.15) is 63.2 Å². The smallest absolute Gasteiger partial charge is 0.191 e. The zero-order valence-corrected chi connectivity index (χ0v) is 18.2. The molecule has 0 bridgehead atoms. The molecule has 0 spiro atoms. The Bertz CT molecular complexity index is 776. The number of aromatic nitrogens is 3. The zero-order valence-electron chi connectivity index (χ0n) is 18.2. The van der Waals surface area contributed by atoms with E-state index in [2.05, 4.69) is 74.6 Å². The van der Waals surface area contributed by atoms with E-state index in [1.165, 1.54) is 24.8 Å². The molecule has 1 aromatic heterocycles. The topological polar surface area (TPSA) is 67.1 Å². The summed E-state index contributed by atoms with van der Waals surface area (Å²) in [5.74, 6) is 3.09. The highest BCUT2D eigenvalue weighted by molar-refractivity contribution is 5.79. The fraction of sp³-hybridized carbons (Fsp3) is 0.609. The minimum Gasteiger partial charge on any atom is -0.356 e. The Kier molecular flexibility index (Phi) is 7.67. The predicted octanol–water partition coefficient (Wildman–Crippen LogP) is 3.47. The van der Waals surface area contributed by atoms with Gasteiger partial charge in [-0.2, -0.15) is 0 Å². The molecule has 2 N–H and O–H groups in total. The van der Waals surface area contributed by atoms with Crippen LogP contribution in [0.25, 0.3) is 0 Å². The van der Waals surface area contributed by atoms with Crippen molar-refractivity contribution in [3.63, 3.8) is 0 Å². The Morgan fingerprint density at radius 3 is 2.59 bits per heavy atom. The normalized spacial score (nSPS) is 14.9. The highest BCUT2D eigenvalue weighted by Gasteiger charge is 2.28. The summed E-state index contributed by atoms with van der Waals surface area (Å²) in [7, 11) is 1.83. The molecule has 2 heterocycles. The lowest BCUT2D eigenvalue weighted by molar-refractivity contribution is 0.389. The van der Waals surface area contributed by atoms with Crippen molar-refractivity contribution in [2.75, 3.05) is 20.1 Å². The van der Waals surface area contributed by atoms with E-state index < -0.39 is 0 Å². The molecule has 158 valence electrons. The molecule has 0 saturated carbocycles. The second-order valence-corrected chi connectivity index (χ2v) is 7.95. The fourth-order valence-corrected chi connectivity index (χ4v) is 4.30. The number of hydrogen-bond acceptors (Lipinski definition) is 3. The van der Waals surface area contributed by atoms with E-state index in [4.69, 9.17) is 0 Å². The van der Waals surface area contributed by atoms with Crippen molar-refractivity contribution >= 4 is 5.96 Å². The van der Waals surface area contributed by atoms with Gasteiger partial charge in [0.15, 0.2) is 5.96 Å². The molecule has 2 aromatic rings. The number of benzene rings is 1. The maximum atomic E-state index is 4.43. The lowest BCUT2D eigenvalue weighted by Gasteiger charge is -2.33. The first-order valence-electron chi connectivity index (χ1n) is 11.1. The first-order valence-corrected chi connectivity index (χ1v) is 11.1. The SMILES string of the molecule is CCC(CC)(CNC(=NC)NCCc1nnc2n1CCCCC2)c1ccccc1. The number of nitrogens with one attached hydrogen (secondary N) is 2. The summed E-state index contributed by atoms with van der Waals surface area (Å²) in [6.45, 7) is 7.26. The second kappa shape index (κ2) is 10.4. The third-order valence-corrected chi connectivity index (χ3v) is 6.38. The van der Waals surface area contributed by atoms with Crippen LogP contribution in [0.4, 0.5) is 0 Å². The Morgan fingerprint density at radius 1 is 1.07 bits per heavy atom. The van der Waals surface area contributed by atoms with Gasteiger partial charge >= 0.3 is 0 Å². The van der Waals surface area contributed by atoms with Gasteiger partial charge in [-0.15, -0.1) is 10.2 Å². The number of fused-ring (bicyclic) bond motifs is 1. The Morgan fingerprint density at radius 2 is 1.86 bits per heavy atom. The van der Waals surface area contributed by atoms with Gasteiger partial charge in [0.2, 0.25) is 0 Å². The van der Waals surface area contributed by atoms with Gasteiger partial charge in [0.05, 0.1) is 0 Å². The average Bonchev–Trinajstić information content (AvgIpc) is 3.00. The molecule has 0 amide bonds. The summed E-state index contributed by atoms with van der Waals surface area (Å²) < 4.78 is 2.32. The predicted molar refractivity (Wildman–Crippen MR) is 119 cm³/mol.